The number of aromatic nitrogens is 1. The van der Waals surface area contributed by atoms with Crippen LogP contribution in [0.2, 0.25) is 0 Å². The number of carbonyl (C=O) groups excluding carboxylic acids is 2. The molecule has 4 N–H and O–H groups in total. The molecule has 0 aliphatic carbocycles. The quantitative estimate of drug-likeness (QED) is 0.426. The number of rotatable bonds is 5. The van der Waals surface area contributed by atoms with Crippen LogP contribution in [0.15, 0.2) is 34.9 Å². The summed E-state index contributed by atoms with van der Waals surface area (Å²) in [6.45, 7) is 1.55. The van der Waals surface area contributed by atoms with Crippen LogP contribution in [0.3, 0.4) is 0 Å². The van der Waals surface area contributed by atoms with Gasteiger partial charge in [0.2, 0.25) is 5.91 Å². The molecule has 0 spiro atoms. The molecule has 1 heterocycles. The molecule has 110 valence electrons. The van der Waals surface area contributed by atoms with E-state index in [1.54, 1.807) is 24.3 Å². The first-order chi connectivity index (χ1) is 10.1. The molecule has 2 aromatic rings. The summed E-state index contributed by atoms with van der Waals surface area (Å²) in [5.41, 5.74) is 2.71. The van der Waals surface area contributed by atoms with Crippen molar-refractivity contribution in [2.45, 2.75) is 13.5 Å². The second-order valence-electron chi connectivity index (χ2n) is 4.15. The molecular formula is C13H14N4O4. The number of benzene rings is 1. The highest BCUT2D eigenvalue weighted by molar-refractivity contribution is 5.91. The fourth-order valence-electron chi connectivity index (χ4n) is 1.55. The SMILES string of the molecule is CC(=O)Nc1ccc(OCc2cc(C(=O)NN)no2)cc1. The molecule has 0 saturated carbocycles. The lowest BCUT2D eigenvalue weighted by atomic mass is 10.3. The van der Waals surface area contributed by atoms with E-state index in [0.29, 0.717) is 17.2 Å². The molecule has 0 radical (unpaired) electrons. The van der Waals surface area contributed by atoms with Crippen molar-refractivity contribution in [3.63, 3.8) is 0 Å². The molecular weight excluding hydrogens is 276 g/mol. The smallest absolute Gasteiger partial charge is 0.287 e. The molecule has 8 nitrogen and oxygen atoms in total. The second kappa shape index (κ2) is 6.53. The van der Waals surface area contributed by atoms with Gasteiger partial charge in [-0.25, -0.2) is 5.84 Å². The van der Waals surface area contributed by atoms with Gasteiger partial charge < -0.3 is 14.6 Å². The van der Waals surface area contributed by atoms with Gasteiger partial charge in [-0.3, -0.25) is 15.0 Å². The Morgan fingerprint density at radius 2 is 2.05 bits per heavy atom. The first-order valence-electron chi connectivity index (χ1n) is 6.05. The van der Waals surface area contributed by atoms with E-state index >= 15 is 0 Å². The van der Waals surface area contributed by atoms with E-state index in [1.165, 1.54) is 13.0 Å². The van der Waals surface area contributed by atoms with Crippen LogP contribution in [0.5, 0.6) is 5.75 Å². The molecule has 0 unspecified atom stereocenters. The number of amides is 2. The molecule has 8 heteroatoms. The van der Waals surface area contributed by atoms with Crippen molar-refractivity contribution in [1.29, 1.82) is 0 Å². The monoisotopic (exact) mass is 290 g/mol. The molecule has 0 atom stereocenters. The van der Waals surface area contributed by atoms with Gasteiger partial charge in [-0.15, -0.1) is 0 Å². The Kier molecular flexibility index (Phi) is 4.52. The van der Waals surface area contributed by atoms with Crippen LogP contribution in [-0.2, 0) is 11.4 Å². The number of ether oxygens (including phenoxy) is 1. The molecule has 0 aliphatic rings. The van der Waals surface area contributed by atoms with E-state index in [1.807, 2.05) is 5.43 Å². The van der Waals surface area contributed by atoms with Gasteiger partial charge in [0.25, 0.3) is 5.91 Å². The summed E-state index contributed by atoms with van der Waals surface area (Å²) in [7, 11) is 0. The number of hydrogen-bond acceptors (Lipinski definition) is 6. The first kappa shape index (κ1) is 14.5. The number of carbonyl (C=O) groups is 2. The van der Waals surface area contributed by atoms with Gasteiger partial charge in [0, 0.05) is 18.7 Å². The predicted octanol–water partition coefficient (Wildman–Crippen LogP) is 0.815. The number of nitrogens with zero attached hydrogens (tertiary/aromatic N) is 1. The van der Waals surface area contributed by atoms with Gasteiger partial charge in [0.1, 0.15) is 12.4 Å². The van der Waals surface area contributed by atoms with E-state index < -0.39 is 5.91 Å². The van der Waals surface area contributed by atoms with Crippen molar-refractivity contribution in [3.05, 3.63) is 41.8 Å². The Morgan fingerprint density at radius 3 is 2.67 bits per heavy atom. The lowest BCUT2D eigenvalue weighted by Gasteiger charge is -2.05. The van der Waals surface area contributed by atoms with Gasteiger partial charge in [-0.05, 0) is 24.3 Å². The zero-order valence-electron chi connectivity index (χ0n) is 11.3. The number of nitrogen functional groups attached to an aromatic ring is 1. The first-order valence-corrected chi connectivity index (χ1v) is 6.05. The zero-order valence-corrected chi connectivity index (χ0v) is 11.3. The lowest BCUT2D eigenvalue weighted by molar-refractivity contribution is -0.114. The molecule has 0 bridgehead atoms. The molecule has 1 aromatic carbocycles. The minimum absolute atomic E-state index is 0.0807. The fraction of sp³-hybridized carbons (Fsp3) is 0.154. The van der Waals surface area contributed by atoms with Gasteiger partial charge in [-0.2, -0.15) is 0 Å². The third-order valence-electron chi connectivity index (χ3n) is 2.48. The second-order valence-corrected chi connectivity index (χ2v) is 4.15. The van der Waals surface area contributed by atoms with Crippen LogP contribution >= 0.6 is 0 Å². The van der Waals surface area contributed by atoms with Crippen LogP contribution in [-0.4, -0.2) is 17.0 Å². The molecule has 2 rings (SSSR count). The number of hydrazine groups is 1. The van der Waals surface area contributed by atoms with Crippen molar-refractivity contribution in [1.82, 2.24) is 10.6 Å². The average molecular weight is 290 g/mol. The van der Waals surface area contributed by atoms with Crippen molar-refractivity contribution >= 4 is 17.5 Å². The van der Waals surface area contributed by atoms with Crippen LogP contribution in [0.1, 0.15) is 23.2 Å². The maximum absolute atomic E-state index is 11.2. The van der Waals surface area contributed by atoms with Crippen LogP contribution < -0.4 is 21.3 Å². The summed E-state index contributed by atoms with van der Waals surface area (Å²) in [4.78, 5) is 22.1. The number of hydrogen-bond donors (Lipinski definition) is 3. The Hall–Kier alpha value is -2.87. The van der Waals surface area contributed by atoms with E-state index in [9.17, 15) is 9.59 Å². The van der Waals surface area contributed by atoms with Gasteiger partial charge in [0.15, 0.2) is 11.5 Å². The Morgan fingerprint density at radius 1 is 1.33 bits per heavy atom. The van der Waals surface area contributed by atoms with E-state index in [0.717, 1.165) is 0 Å². The minimum atomic E-state index is -0.537. The van der Waals surface area contributed by atoms with E-state index in [-0.39, 0.29) is 18.2 Å². The Labute approximate surface area is 120 Å². The summed E-state index contributed by atoms with van der Waals surface area (Å²) in [5, 5.41) is 6.20. The highest BCUT2D eigenvalue weighted by atomic mass is 16.5. The predicted molar refractivity (Wildman–Crippen MR) is 73.2 cm³/mol. The summed E-state index contributed by atoms with van der Waals surface area (Å²) < 4.78 is 10.4. The summed E-state index contributed by atoms with van der Waals surface area (Å²) in [6, 6.07) is 8.27. The topological polar surface area (TPSA) is 119 Å². The van der Waals surface area contributed by atoms with Gasteiger partial charge in [0.05, 0.1) is 0 Å². The molecule has 0 saturated heterocycles. The van der Waals surface area contributed by atoms with Gasteiger partial charge in [-0.1, -0.05) is 5.16 Å². The lowest BCUT2D eigenvalue weighted by Crippen LogP contribution is -2.30. The largest absolute Gasteiger partial charge is 0.486 e. The molecule has 0 fully saturated rings. The molecule has 0 aliphatic heterocycles. The van der Waals surface area contributed by atoms with Crippen molar-refractivity contribution in [2.75, 3.05) is 5.32 Å². The summed E-state index contributed by atoms with van der Waals surface area (Å²) in [6.07, 6.45) is 0. The highest BCUT2D eigenvalue weighted by Gasteiger charge is 2.11. The zero-order chi connectivity index (χ0) is 15.2. The molecule has 21 heavy (non-hydrogen) atoms. The third kappa shape index (κ3) is 4.05. The third-order valence-corrected chi connectivity index (χ3v) is 2.48. The average Bonchev–Trinajstić information content (AvgIpc) is 2.94. The van der Waals surface area contributed by atoms with Crippen LogP contribution in [0.4, 0.5) is 5.69 Å². The van der Waals surface area contributed by atoms with Crippen molar-refractivity contribution in [3.8, 4) is 5.75 Å². The maximum Gasteiger partial charge on any atom is 0.287 e. The van der Waals surface area contributed by atoms with E-state index in [4.69, 9.17) is 15.1 Å². The standard InChI is InChI=1S/C13H14N4O4/c1-8(18)15-9-2-4-10(5-3-9)20-7-11-6-12(17-21-11)13(19)16-14/h2-6H,7,14H2,1H3,(H,15,18)(H,16,19). The van der Waals surface area contributed by atoms with Crippen LogP contribution in [0.25, 0.3) is 0 Å². The van der Waals surface area contributed by atoms with Gasteiger partial charge >= 0.3 is 0 Å². The minimum Gasteiger partial charge on any atom is -0.486 e. The number of nitrogens with one attached hydrogen (secondary N) is 2. The summed E-state index contributed by atoms with van der Waals surface area (Å²) >= 11 is 0. The highest BCUT2D eigenvalue weighted by Crippen LogP contribution is 2.17. The Bertz CT molecular complexity index is 636. The Balaban J connectivity index is 1.92. The molecule has 1 aromatic heterocycles. The summed E-state index contributed by atoms with van der Waals surface area (Å²) in [5.74, 6) is 5.28. The van der Waals surface area contributed by atoms with Crippen molar-refractivity contribution < 1.29 is 18.8 Å². The van der Waals surface area contributed by atoms with Crippen LogP contribution in [0, 0.1) is 0 Å². The number of nitrogens with two attached hydrogens (primary N) is 1. The fourth-order valence-corrected chi connectivity index (χ4v) is 1.55. The van der Waals surface area contributed by atoms with E-state index in [2.05, 4.69) is 10.5 Å². The number of anilines is 1. The van der Waals surface area contributed by atoms with Crippen molar-refractivity contribution in [2.24, 2.45) is 5.84 Å². The normalized spacial score (nSPS) is 10.0. The maximum atomic E-state index is 11.2. The molecule has 2 amide bonds.